The molecule has 146 heavy (non-hydrogen) atoms. The molecule has 0 bridgehead atoms. The second kappa shape index (κ2) is 41.4. The lowest BCUT2D eigenvalue weighted by Crippen LogP contribution is -1.97. The Hall–Kier alpha value is -17.1. The fraction of sp³-hybridized carbons (Fsp3) is 0.0631. The number of carbonyl (C=O) groups excluding carboxylic acids is 5. The first-order chi connectivity index (χ1) is 70.8. The Morgan fingerprint density at radius 3 is 0.986 bits per heavy atom. The number of fused-ring (bicyclic) bond motifs is 10. The molecule has 28 nitrogen and oxygen atoms in total. The van der Waals surface area contributed by atoms with Crippen molar-refractivity contribution in [1.82, 2.24) is 71.8 Å². The average molecular weight is 2060 g/mol. The van der Waals surface area contributed by atoms with Gasteiger partial charge < -0.3 is 35.1 Å². The van der Waals surface area contributed by atoms with E-state index in [9.17, 15) is 54.4 Å². The molecule has 0 unspecified atom stereocenters. The molecule has 0 radical (unpaired) electrons. The van der Waals surface area contributed by atoms with Crippen molar-refractivity contribution in [2.24, 2.45) is 0 Å². The minimum absolute atomic E-state index is 0.00361. The second-order valence-electron chi connectivity index (χ2n) is 33.8. The molecule has 0 saturated heterocycles. The van der Waals surface area contributed by atoms with Crippen molar-refractivity contribution in [1.29, 1.82) is 0 Å². The molecule has 0 aliphatic heterocycles. The molecule has 0 spiro atoms. The van der Waals surface area contributed by atoms with Gasteiger partial charge >= 0.3 is 0 Å². The Kier molecular flexibility index (Phi) is 27.4. The summed E-state index contributed by atoms with van der Waals surface area (Å²) in [6.07, 6.45) is 35.3. The third kappa shape index (κ3) is 19.6. The van der Waals surface area contributed by atoms with Crippen molar-refractivity contribution in [2.75, 3.05) is 0 Å². The van der Waals surface area contributed by atoms with Crippen LogP contribution in [0, 0.1) is 54.8 Å². The molecule has 15 aromatic heterocycles. The molecule has 720 valence electrons. The number of benzene rings is 9. The summed E-state index contributed by atoms with van der Waals surface area (Å²) in [4.78, 5) is 134. The predicted molar refractivity (Wildman–Crippen MR) is 584 cm³/mol. The number of nitrogens with one attached hydrogen (secondary N) is 5. The third-order valence-corrected chi connectivity index (χ3v) is 29.2. The zero-order valence-electron chi connectivity index (χ0n) is 77.9. The average Bonchev–Trinajstić information content (AvgIpc) is 1.62. The highest BCUT2D eigenvalue weighted by Gasteiger charge is 2.26. The first-order valence-electron chi connectivity index (χ1n) is 45.4. The fourth-order valence-electron chi connectivity index (χ4n) is 17.3. The zero-order valence-corrected chi connectivity index (χ0v) is 83.5. The predicted octanol–water partition coefficient (Wildman–Crippen LogP) is 27.2. The maximum Gasteiger partial charge on any atom is 0.288 e. The van der Waals surface area contributed by atoms with Crippen LogP contribution in [0.3, 0.4) is 0 Å². The maximum atomic E-state index is 13.0. The molecule has 24 aromatic rings. The van der Waals surface area contributed by atoms with Crippen molar-refractivity contribution >= 4 is 230 Å². The van der Waals surface area contributed by atoms with Gasteiger partial charge in [-0.15, -0.1) is 56.7 Å². The number of aliphatic hydroxyl groups excluding tert-OH is 2. The molecule has 0 fully saturated rings. The number of carbonyl (C=O) groups is 5. The molecule has 35 heteroatoms. The standard InChI is InChI=1S/C24H18N4O4S.C24H19N3O2S.C23H15ClN4O3S.C23H16ClN3OS.C17H13N3OS/c1-14-12-27-20(8-9-22(30)18-11-25-19-5-3-2-4-17(18)19)23(26-24(27)33-14)15-6-7-16(13-29)21(10-15)28(31)32;1-15-13-27-21(10-11-22(29)19-12-25-20-5-3-2-4-18(19)20)23(26-24(27)30-15)17-8-6-16(14-28)7-9-17;1-13-12-27-19(8-9-21(29)16-11-25-18-5-3-2-4-15(16)18)22(26-23(27)32-13)14-6-7-17(24)20(10-14)28(30)31;1-14-13-27-20(22(26-23(27)29-14)15-6-8-16(24)9-7-15)10-11-21(28)18-12-25-19-5-3-2-4-17(18)19;1-11-15(20-8-9-22-17(20)19-11)6-7-16(21)13-10-18-14-5-3-2-4-12(13)14/h2-12,25,29H,13H2,1H3;2-13,25,28H,14H2,1H3;2-12,25H,1H3;2-13,25H,1H3;2-10,18H,1H3/b9-8+;11-10+;9-8+;11-10+;7-6+. The summed E-state index contributed by atoms with van der Waals surface area (Å²) >= 11 is 19.8. The van der Waals surface area contributed by atoms with Crippen molar-refractivity contribution in [3.63, 3.8) is 0 Å². The van der Waals surface area contributed by atoms with E-state index in [1.54, 1.807) is 108 Å². The Morgan fingerprint density at radius 1 is 0.356 bits per heavy atom. The van der Waals surface area contributed by atoms with Gasteiger partial charge in [0.2, 0.25) is 0 Å². The van der Waals surface area contributed by atoms with Crippen LogP contribution >= 0.6 is 79.9 Å². The van der Waals surface area contributed by atoms with Gasteiger partial charge in [-0.3, -0.25) is 66.2 Å². The minimum atomic E-state index is -0.523. The van der Waals surface area contributed by atoms with E-state index < -0.39 is 16.5 Å². The zero-order chi connectivity index (χ0) is 101. The van der Waals surface area contributed by atoms with Crippen LogP contribution in [-0.2, 0) is 13.2 Å². The van der Waals surface area contributed by atoms with Crippen LogP contribution in [0.5, 0.6) is 0 Å². The van der Waals surface area contributed by atoms with Crippen LogP contribution in [0.15, 0.2) is 304 Å². The third-order valence-electron chi connectivity index (χ3n) is 24.3. The van der Waals surface area contributed by atoms with E-state index in [4.69, 9.17) is 33.2 Å². The normalized spacial score (nSPS) is 11.8. The number of nitro groups is 2. The smallest absolute Gasteiger partial charge is 0.288 e. The number of rotatable bonds is 23. The van der Waals surface area contributed by atoms with Gasteiger partial charge in [0, 0.05) is 209 Å². The van der Waals surface area contributed by atoms with Gasteiger partial charge in [-0.25, -0.2) is 24.9 Å². The number of ketones is 5. The van der Waals surface area contributed by atoms with Gasteiger partial charge in [-0.1, -0.05) is 163 Å². The van der Waals surface area contributed by atoms with Crippen molar-refractivity contribution in [2.45, 2.75) is 47.8 Å². The van der Waals surface area contributed by atoms with E-state index in [0.29, 0.717) is 66.7 Å². The summed E-state index contributed by atoms with van der Waals surface area (Å²) in [5, 5.41) is 48.8. The monoisotopic (exact) mass is 2060 g/mol. The van der Waals surface area contributed by atoms with Gasteiger partial charge in [0.1, 0.15) is 5.02 Å². The van der Waals surface area contributed by atoms with Crippen molar-refractivity contribution in [3.8, 4) is 45.0 Å². The van der Waals surface area contributed by atoms with Crippen molar-refractivity contribution < 1.29 is 44.0 Å². The van der Waals surface area contributed by atoms with E-state index >= 15 is 0 Å². The van der Waals surface area contributed by atoms with Gasteiger partial charge in [-0.05, 0) is 156 Å². The summed E-state index contributed by atoms with van der Waals surface area (Å²) in [5.41, 5.74) is 19.1. The van der Waals surface area contributed by atoms with Crippen LogP contribution in [0.1, 0.15) is 117 Å². The molecule has 24 rings (SSSR count). The molecule has 0 aliphatic carbocycles. The first kappa shape index (κ1) is 96.4. The number of halogens is 2. The number of nitrogens with zero attached hydrogens (tertiary/aromatic N) is 12. The quantitative estimate of drug-likeness (QED) is 0.0135. The molecule has 0 saturated carbocycles. The summed E-state index contributed by atoms with van der Waals surface area (Å²) in [5.74, 6) is -0.441. The number of aromatic amines is 5. The topological polar surface area (TPSA) is 378 Å². The van der Waals surface area contributed by atoms with Crippen LogP contribution < -0.4 is 0 Å². The number of para-hydroxylation sites is 5. The number of nitro benzene ring substituents is 2. The number of hydrogen-bond acceptors (Lipinski definition) is 21. The summed E-state index contributed by atoms with van der Waals surface area (Å²) in [7, 11) is 0. The second-order valence-corrected chi connectivity index (χ2v) is 40.3. The molecule has 15 heterocycles. The summed E-state index contributed by atoms with van der Waals surface area (Å²) in [6.45, 7) is 9.55. The van der Waals surface area contributed by atoms with Crippen LogP contribution in [0.4, 0.5) is 11.4 Å². The molecule has 7 N–H and O–H groups in total. The largest absolute Gasteiger partial charge is 0.392 e. The minimum Gasteiger partial charge on any atom is -0.392 e. The van der Waals surface area contributed by atoms with Crippen molar-refractivity contribution in [3.05, 3.63) is 427 Å². The highest BCUT2D eigenvalue weighted by Crippen LogP contribution is 2.40. The highest BCUT2D eigenvalue weighted by molar-refractivity contribution is 7.18. The highest BCUT2D eigenvalue weighted by atomic mass is 35.5. The number of aromatic nitrogens is 15. The Bertz CT molecular complexity index is 9430. The lowest BCUT2D eigenvalue weighted by Gasteiger charge is -2.04. The van der Waals surface area contributed by atoms with Crippen LogP contribution in [0.25, 0.3) is 155 Å². The van der Waals surface area contributed by atoms with E-state index in [1.165, 1.54) is 59.1 Å². The lowest BCUT2D eigenvalue weighted by atomic mass is 10.0. The van der Waals surface area contributed by atoms with E-state index in [0.717, 1.165) is 150 Å². The first-order valence-corrected chi connectivity index (χ1v) is 50.3. The summed E-state index contributed by atoms with van der Waals surface area (Å²) < 4.78 is 9.81. The number of allylic oxidation sites excluding steroid dienone is 5. The van der Waals surface area contributed by atoms with Crippen LogP contribution in [-0.4, -0.2) is 121 Å². The van der Waals surface area contributed by atoms with Gasteiger partial charge in [0.15, 0.2) is 53.7 Å². The van der Waals surface area contributed by atoms with Gasteiger partial charge in [0.05, 0.1) is 85.6 Å². The van der Waals surface area contributed by atoms with Gasteiger partial charge in [0.25, 0.3) is 11.4 Å². The van der Waals surface area contributed by atoms with E-state index in [1.807, 2.05) is 281 Å². The Labute approximate surface area is 858 Å². The SMILES string of the molecule is Cc1cn2c(/C=C/C(=O)c3c[nH]c4ccccc34)c(-c3ccc(CO)c([N+](=O)[O-])c3)nc2s1.Cc1cn2c(/C=C/C(=O)c3c[nH]c4ccccc34)c(-c3ccc(CO)cc3)nc2s1.Cc1cn2c(/C=C/C(=O)c3c[nH]c4ccccc34)c(-c3ccc(Cl)c([N+](=O)[O-])c3)nc2s1.Cc1cn2c(/C=C/C(=O)c3c[nH]c4ccccc34)c(-c3ccc(Cl)cc3)nc2s1.Cc1nc2sccn2c1/C=C/C(=O)c1c[nH]c2ccccc12. The Balaban J connectivity index is 0.000000112. The molecule has 0 aliphatic rings. The van der Waals surface area contributed by atoms with E-state index in [-0.39, 0.29) is 57.5 Å². The fourth-order valence-corrected chi connectivity index (χ4v) is 21.7. The van der Waals surface area contributed by atoms with Crippen LogP contribution in [0.2, 0.25) is 10.0 Å². The number of aliphatic hydroxyl groups is 2. The molecule has 0 amide bonds. The Morgan fingerprint density at radius 2 is 0.658 bits per heavy atom. The number of H-pyrrole nitrogens is 5. The molecular weight excluding hydrogens is 1980 g/mol. The molecule has 0 atom stereocenters. The maximum absolute atomic E-state index is 13.0. The molecular formula is C111H81Cl2N17O11S5. The van der Waals surface area contributed by atoms with Gasteiger partial charge in [-0.2, -0.15) is 0 Å². The molecule has 9 aromatic carbocycles. The number of aryl methyl sites for hydroxylation is 5. The number of hydrogen-bond donors (Lipinski definition) is 7. The number of imidazole rings is 5. The summed E-state index contributed by atoms with van der Waals surface area (Å²) in [6, 6.07) is 63.0. The number of thiazole rings is 5. The lowest BCUT2D eigenvalue weighted by molar-refractivity contribution is -0.385. The van der Waals surface area contributed by atoms with E-state index in [2.05, 4.69) is 39.9 Å².